The fourth-order valence-electron chi connectivity index (χ4n) is 2.96. The van der Waals surface area contributed by atoms with Crippen LogP contribution in [0.5, 0.6) is 0 Å². The Morgan fingerprint density at radius 2 is 2.12 bits per heavy atom. The normalized spacial score (nSPS) is 14.7. The minimum absolute atomic E-state index is 0.134. The van der Waals surface area contributed by atoms with Gasteiger partial charge in [0.15, 0.2) is 5.13 Å². The summed E-state index contributed by atoms with van der Waals surface area (Å²) in [6.07, 6.45) is 2.38. The van der Waals surface area contributed by atoms with Crippen molar-refractivity contribution >= 4 is 43.9 Å². The zero-order valence-electron chi connectivity index (χ0n) is 14.1. The number of hydrogen-bond donors (Lipinski definition) is 1. The Hall–Kier alpha value is -2.10. The van der Waals surface area contributed by atoms with E-state index < -0.39 is 0 Å². The Morgan fingerprint density at radius 3 is 2.92 bits per heavy atom. The maximum Gasteiger partial charge on any atom is 0.267 e. The van der Waals surface area contributed by atoms with Crippen LogP contribution in [-0.2, 0) is 20.0 Å². The standard InChI is InChI=1S/C16H17N5O2S2/c1-8-11-14(17-7-21(3)15(11)23)25-12(8)13(22)19-16-18-9-4-5-20(2)6-10(9)24-16/h7H,4-6H2,1-3H3,(H,18,19,22). The Morgan fingerprint density at radius 1 is 1.32 bits per heavy atom. The molecule has 4 heterocycles. The molecule has 1 aliphatic rings. The van der Waals surface area contributed by atoms with Gasteiger partial charge in [0.2, 0.25) is 0 Å². The number of thiazole rings is 1. The summed E-state index contributed by atoms with van der Waals surface area (Å²) in [7, 11) is 3.73. The average Bonchev–Trinajstić information content (AvgIpc) is 3.11. The minimum Gasteiger partial charge on any atom is -0.302 e. The van der Waals surface area contributed by atoms with Gasteiger partial charge < -0.3 is 9.47 Å². The number of carbonyl (C=O) groups excluding carboxylic acids is 1. The lowest BCUT2D eigenvalue weighted by atomic mass is 10.2. The van der Waals surface area contributed by atoms with Crippen molar-refractivity contribution in [3.05, 3.63) is 37.7 Å². The van der Waals surface area contributed by atoms with E-state index in [9.17, 15) is 9.59 Å². The Kier molecular flexibility index (Phi) is 3.94. The molecule has 4 rings (SSSR count). The summed E-state index contributed by atoms with van der Waals surface area (Å²) in [5.41, 5.74) is 1.61. The van der Waals surface area contributed by atoms with Crippen molar-refractivity contribution in [3.8, 4) is 0 Å². The highest BCUT2D eigenvalue weighted by Crippen LogP contribution is 2.30. The van der Waals surface area contributed by atoms with Gasteiger partial charge in [-0.1, -0.05) is 0 Å². The second-order valence-corrected chi connectivity index (χ2v) is 8.31. The smallest absolute Gasteiger partial charge is 0.267 e. The van der Waals surface area contributed by atoms with Gasteiger partial charge in [-0.05, 0) is 19.5 Å². The minimum atomic E-state index is -0.234. The molecule has 0 saturated carbocycles. The van der Waals surface area contributed by atoms with E-state index in [-0.39, 0.29) is 11.5 Å². The monoisotopic (exact) mass is 375 g/mol. The number of nitrogens with one attached hydrogen (secondary N) is 1. The summed E-state index contributed by atoms with van der Waals surface area (Å²) in [6, 6.07) is 0. The lowest BCUT2D eigenvalue weighted by Crippen LogP contribution is -2.25. The summed E-state index contributed by atoms with van der Waals surface area (Å²) < 4.78 is 1.43. The van der Waals surface area contributed by atoms with Gasteiger partial charge in [-0.25, -0.2) is 9.97 Å². The molecular formula is C16H17N5O2S2. The Labute approximate surface area is 152 Å². The van der Waals surface area contributed by atoms with Crippen molar-refractivity contribution < 1.29 is 4.79 Å². The first-order valence-electron chi connectivity index (χ1n) is 7.87. The maximum absolute atomic E-state index is 12.7. The lowest BCUT2D eigenvalue weighted by molar-refractivity contribution is 0.103. The second-order valence-electron chi connectivity index (χ2n) is 6.23. The Balaban J connectivity index is 1.66. The number of thiophene rings is 1. The molecule has 130 valence electrons. The highest BCUT2D eigenvalue weighted by molar-refractivity contribution is 7.21. The molecule has 1 aliphatic heterocycles. The van der Waals surface area contributed by atoms with Gasteiger partial charge in [0, 0.05) is 31.4 Å². The molecule has 0 unspecified atom stereocenters. The molecular weight excluding hydrogens is 358 g/mol. The molecule has 0 aliphatic carbocycles. The third kappa shape index (κ3) is 2.78. The van der Waals surface area contributed by atoms with E-state index in [1.807, 2.05) is 0 Å². The van der Waals surface area contributed by atoms with Gasteiger partial charge in [-0.2, -0.15) is 0 Å². The van der Waals surface area contributed by atoms with Crippen molar-refractivity contribution in [2.45, 2.75) is 19.9 Å². The van der Waals surface area contributed by atoms with E-state index in [1.54, 1.807) is 14.0 Å². The van der Waals surface area contributed by atoms with Crippen LogP contribution in [0.2, 0.25) is 0 Å². The quantitative estimate of drug-likeness (QED) is 0.741. The zero-order valence-corrected chi connectivity index (χ0v) is 15.8. The second kappa shape index (κ2) is 6.01. The topological polar surface area (TPSA) is 80.1 Å². The molecule has 3 aromatic rings. The number of likely N-dealkylation sites (N-methyl/N-ethyl adjacent to an activating group) is 1. The fourth-order valence-corrected chi connectivity index (χ4v) is 5.07. The van der Waals surface area contributed by atoms with Crippen LogP contribution >= 0.6 is 22.7 Å². The van der Waals surface area contributed by atoms with Crippen LogP contribution in [-0.4, -0.2) is 38.9 Å². The predicted octanol–water partition coefficient (Wildman–Crippen LogP) is 2.00. The van der Waals surface area contributed by atoms with Gasteiger partial charge in [-0.15, -0.1) is 22.7 Å². The van der Waals surface area contributed by atoms with Crippen LogP contribution in [0, 0.1) is 6.92 Å². The van der Waals surface area contributed by atoms with E-state index in [4.69, 9.17) is 0 Å². The number of aryl methyl sites for hydroxylation is 2. The van der Waals surface area contributed by atoms with Crippen molar-refractivity contribution in [2.24, 2.45) is 7.05 Å². The van der Waals surface area contributed by atoms with E-state index in [2.05, 4.69) is 27.2 Å². The summed E-state index contributed by atoms with van der Waals surface area (Å²) in [5.74, 6) is -0.234. The average molecular weight is 375 g/mol. The van der Waals surface area contributed by atoms with Crippen LogP contribution in [0.4, 0.5) is 5.13 Å². The molecule has 0 radical (unpaired) electrons. The van der Waals surface area contributed by atoms with Gasteiger partial charge in [0.1, 0.15) is 4.83 Å². The molecule has 25 heavy (non-hydrogen) atoms. The van der Waals surface area contributed by atoms with Crippen molar-refractivity contribution in [2.75, 3.05) is 18.9 Å². The summed E-state index contributed by atoms with van der Waals surface area (Å²) in [6.45, 7) is 3.64. The molecule has 0 spiro atoms. The molecule has 3 aromatic heterocycles. The molecule has 9 heteroatoms. The predicted molar refractivity (Wildman–Crippen MR) is 99.7 cm³/mol. The Bertz CT molecular complexity index is 1050. The number of aromatic nitrogens is 3. The highest BCUT2D eigenvalue weighted by atomic mass is 32.1. The molecule has 0 saturated heterocycles. The molecule has 1 N–H and O–H groups in total. The SMILES string of the molecule is Cc1c(C(=O)Nc2nc3c(s2)CN(C)CC3)sc2ncn(C)c(=O)c12. The number of hydrogen-bond acceptors (Lipinski definition) is 7. The van der Waals surface area contributed by atoms with Gasteiger partial charge in [-0.3, -0.25) is 14.9 Å². The fraction of sp³-hybridized carbons (Fsp3) is 0.375. The van der Waals surface area contributed by atoms with Gasteiger partial charge in [0.05, 0.1) is 22.3 Å². The van der Waals surface area contributed by atoms with Crippen molar-refractivity contribution in [3.63, 3.8) is 0 Å². The number of fused-ring (bicyclic) bond motifs is 2. The van der Waals surface area contributed by atoms with Crippen LogP contribution in [0.1, 0.15) is 25.8 Å². The van der Waals surface area contributed by atoms with Crippen molar-refractivity contribution in [1.29, 1.82) is 0 Å². The number of carbonyl (C=O) groups is 1. The first-order chi connectivity index (χ1) is 11.9. The molecule has 0 aromatic carbocycles. The largest absolute Gasteiger partial charge is 0.302 e. The van der Waals surface area contributed by atoms with Gasteiger partial charge >= 0.3 is 0 Å². The third-order valence-electron chi connectivity index (χ3n) is 4.36. The molecule has 0 bridgehead atoms. The zero-order chi connectivity index (χ0) is 17.7. The summed E-state index contributed by atoms with van der Waals surface area (Å²) >= 11 is 2.76. The van der Waals surface area contributed by atoms with E-state index in [1.165, 1.54) is 38.4 Å². The van der Waals surface area contributed by atoms with E-state index in [0.29, 0.717) is 25.8 Å². The number of anilines is 1. The highest BCUT2D eigenvalue weighted by Gasteiger charge is 2.22. The third-order valence-corrected chi connectivity index (χ3v) is 6.56. The van der Waals surface area contributed by atoms with E-state index in [0.717, 1.165) is 25.2 Å². The van der Waals surface area contributed by atoms with Crippen LogP contribution < -0.4 is 10.9 Å². The summed E-state index contributed by atoms with van der Waals surface area (Å²) in [5, 5.41) is 4.02. The summed E-state index contributed by atoms with van der Waals surface area (Å²) in [4.78, 5) is 38.3. The molecule has 7 nitrogen and oxygen atoms in total. The number of rotatable bonds is 2. The van der Waals surface area contributed by atoms with E-state index >= 15 is 0 Å². The first-order valence-corrected chi connectivity index (χ1v) is 9.50. The van der Waals surface area contributed by atoms with Crippen LogP contribution in [0.15, 0.2) is 11.1 Å². The van der Waals surface area contributed by atoms with Crippen molar-refractivity contribution in [1.82, 2.24) is 19.4 Å². The number of nitrogens with zero attached hydrogens (tertiary/aromatic N) is 4. The molecule has 0 fully saturated rings. The van der Waals surface area contributed by atoms with Gasteiger partial charge in [0.25, 0.3) is 11.5 Å². The lowest BCUT2D eigenvalue weighted by Gasteiger charge is -2.20. The maximum atomic E-state index is 12.7. The first kappa shape index (κ1) is 16.4. The number of amides is 1. The van der Waals surface area contributed by atoms with Crippen LogP contribution in [0.3, 0.4) is 0 Å². The molecule has 1 amide bonds. The van der Waals surface area contributed by atoms with Crippen LogP contribution in [0.25, 0.3) is 10.2 Å². The molecule has 0 atom stereocenters.